The highest BCUT2D eigenvalue weighted by molar-refractivity contribution is 4.79. The SMILES string of the molecule is CCCCCN(C(C)C)C(CNCC)C(C)C. The maximum Gasteiger partial charge on any atom is 0.0246 e. The van der Waals surface area contributed by atoms with Crippen LogP contribution in [0.2, 0.25) is 0 Å². The van der Waals surface area contributed by atoms with Crippen LogP contribution in [0.25, 0.3) is 0 Å². The maximum absolute atomic E-state index is 3.51. The van der Waals surface area contributed by atoms with E-state index in [1.165, 1.54) is 25.8 Å². The minimum Gasteiger partial charge on any atom is -0.315 e. The van der Waals surface area contributed by atoms with E-state index >= 15 is 0 Å². The molecule has 0 aliphatic carbocycles. The van der Waals surface area contributed by atoms with E-state index in [9.17, 15) is 0 Å². The van der Waals surface area contributed by atoms with E-state index in [0.29, 0.717) is 12.1 Å². The van der Waals surface area contributed by atoms with Crippen molar-refractivity contribution in [3.63, 3.8) is 0 Å². The second-order valence-corrected chi connectivity index (χ2v) is 5.66. The molecule has 0 aromatic heterocycles. The number of unbranched alkanes of at least 4 members (excludes halogenated alkanes) is 2. The van der Waals surface area contributed by atoms with Crippen molar-refractivity contribution in [3.8, 4) is 0 Å². The zero-order valence-electron chi connectivity index (χ0n) is 12.9. The van der Waals surface area contributed by atoms with Gasteiger partial charge >= 0.3 is 0 Å². The molecule has 0 spiro atoms. The van der Waals surface area contributed by atoms with Gasteiger partial charge in [-0.15, -0.1) is 0 Å². The normalized spacial score (nSPS) is 13.9. The molecule has 2 heteroatoms. The van der Waals surface area contributed by atoms with E-state index in [2.05, 4.69) is 51.8 Å². The molecule has 1 N–H and O–H groups in total. The summed E-state index contributed by atoms with van der Waals surface area (Å²) >= 11 is 0. The van der Waals surface area contributed by atoms with Crippen molar-refractivity contribution in [3.05, 3.63) is 0 Å². The fraction of sp³-hybridized carbons (Fsp3) is 1.00. The average molecular weight is 242 g/mol. The van der Waals surface area contributed by atoms with Crippen LogP contribution >= 0.6 is 0 Å². The van der Waals surface area contributed by atoms with Gasteiger partial charge < -0.3 is 5.32 Å². The van der Waals surface area contributed by atoms with Crippen molar-refractivity contribution in [1.82, 2.24) is 10.2 Å². The summed E-state index contributed by atoms with van der Waals surface area (Å²) in [7, 11) is 0. The van der Waals surface area contributed by atoms with E-state index in [-0.39, 0.29) is 0 Å². The van der Waals surface area contributed by atoms with E-state index in [1.807, 2.05) is 0 Å². The van der Waals surface area contributed by atoms with Crippen LogP contribution in [-0.4, -0.2) is 36.6 Å². The Labute approximate surface area is 109 Å². The van der Waals surface area contributed by atoms with Crippen molar-refractivity contribution in [1.29, 1.82) is 0 Å². The predicted octanol–water partition coefficient (Wildman–Crippen LogP) is 3.52. The van der Waals surface area contributed by atoms with Crippen LogP contribution in [0.15, 0.2) is 0 Å². The van der Waals surface area contributed by atoms with Crippen molar-refractivity contribution in [2.75, 3.05) is 19.6 Å². The Morgan fingerprint density at radius 2 is 1.65 bits per heavy atom. The molecule has 0 amide bonds. The summed E-state index contributed by atoms with van der Waals surface area (Å²) in [6.07, 6.45) is 4.00. The summed E-state index contributed by atoms with van der Waals surface area (Å²) < 4.78 is 0. The van der Waals surface area contributed by atoms with Gasteiger partial charge in [-0.1, -0.05) is 40.5 Å². The zero-order chi connectivity index (χ0) is 13.3. The first kappa shape index (κ1) is 16.9. The topological polar surface area (TPSA) is 15.3 Å². The minimum atomic E-state index is 0.651. The summed E-state index contributed by atoms with van der Waals surface area (Å²) in [6, 6.07) is 1.32. The van der Waals surface area contributed by atoms with Gasteiger partial charge in [0.2, 0.25) is 0 Å². The van der Waals surface area contributed by atoms with E-state index in [0.717, 1.165) is 19.0 Å². The molecule has 0 saturated carbocycles. The van der Waals surface area contributed by atoms with Crippen molar-refractivity contribution in [2.45, 2.75) is 72.9 Å². The highest BCUT2D eigenvalue weighted by Gasteiger charge is 2.23. The van der Waals surface area contributed by atoms with Gasteiger partial charge in [0.15, 0.2) is 0 Å². The van der Waals surface area contributed by atoms with E-state index in [1.54, 1.807) is 0 Å². The second-order valence-electron chi connectivity index (χ2n) is 5.66. The van der Waals surface area contributed by atoms with Crippen LogP contribution in [0.5, 0.6) is 0 Å². The smallest absolute Gasteiger partial charge is 0.0246 e. The van der Waals surface area contributed by atoms with Crippen LogP contribution in [0.4, 0.5) is 0 Å². The van der Waals surface area contributed by atoms with Crippen LogP contribution < -0.4 is 5.32 Å². The van der Waals surface area contributed by atoms with Gasteiger partial charge in [-0.05, 0) is 39.3 Å². The zero-order valence-corrected chi connectivity index (χ0v) is 12.9. The summed E-state index contributed by atoms with van der Waals surface area (Å²) in [5.41, 5.74) is 0. The quantitative estimate of drug-likeness (QED) is 0.590. The number of nitrogens with zero attached hydrogens (tertiary/aromatic N) is 1. The lowest BCUT2D eigenvalue weighted by Gasteiger charge is -2.37. The van der Waals surface area contributed by atoms with Crippen molar-refractivity contribution >= 4 is 0 Å². The van der Waals surface area contributed by atoms with E-state index in [4.69, 9.17) is 0 Å². The van der Waals surface area contributed by atoms with Crippen molar-refractivity contribution in [2.24, 2.45) is 5.92 Å². The molecule has 2 nitrogen and oxygen atoms in total. The fourth-order valence-corrected chi connectivity index (χ4v) is 2.38. The molecule has 1 unspecified atom stereocenters. The Kier molecular flexibility index (Phi) is 9.85. The molecule has 0 fully saturated rings. The first-order valence-electron chi connectivity index (χ1n) is 7.50. The average Bonchev–Trinajstić information content (AvgIpc) is 2.26. The Morgan fingerprint density at radius 3 is 2.06 bits per heavy atom. The van der Waals surface area contributed by atoms with Crippen LogP contribution in [0, 0.1) is 5.92 Å². The Hall–Kier alpha value is -0.0800. The third-order valence-electron chi connectivity index (χ3n) is 3.48. The summed E-state index contributed by atoms with van der Waals surface area (Å²) in [5, 5.41) is 3.51. The molecule has 0 heterocycles. The minimum absolute atomic E-state index is 0.651. The monoisotopic (exact) mass is 242 g/mol. The Balaban J connectivity index is 4.37. The van der Waals surface area contributed by atoms with Gasteiger partial charge in [0, 0.05) is 18.6 Å². The van der Waals surface area contributed by atoms with Gasteiger partial charge in [-0.2, -0.15) is 0 Å². The molecule has 0 rings (SSSR count). The molecule has 0 saturated heterocycles. The van der Waals surface area contributed by atoms with Gasteiger partial charge in [-0.25, -0.2) is 0 Å². The Morgan fingerprint density at radius 1 is 1.00 bits per heavy atom. The molecule has 0 radical (unpaired) electrons. The van der Waals surface area contributed by atoms with Crippen molar-refractivity contribution < 1.29 is 0 Å². The highest BCUT2D eigenvalue weighted by Crippen LogP contribution is 2.15. The lowest BCUT2D eigenvalue weighted by Crippen LogP contribution is -2.49. The molecule has 0 aromatic rings. The molecule has 0 aliphatic rings. The first-order chi connectivity index (χ1) is 8.04. The fourth-order valence-electron chi connectivity index (χ4n) is 2.38. The number of nitrogens with one attached hydrogen (secondary N) is 1. The molecule has 0 aromatic carbocycles. The molecule has 0 aliphatic heterocycles. The third kappa shape index (κ3) is 7.05. The standard InChI is InChI=1S/C15H34N2/c1-7-9-10-11-17(14(5)6)15(13(3)4)12-16-8-2/h13-16H,7-12H2,1-6H3. The van der Waals surface area contributed by atoms with Gasteiger partial charge in [0.1, 0.15) is 0 Å². The van der Waals surface area contributed by atoms with E-state index < -0.39 is 0 Å². The maximum atomic E-state index is 3.51. The summed E-state index contributed by atoms with van der Waals surface area (Å²) in [4.78, 5) is 2.68. The molecule has 17 heavy (non-hydrogen) atoms. The van der Waals surface area contributed by atoms with Gasteiger partial charge in [-0.3, -0.25) is 4.90 Å². The molecule has 0 bridgehead atoms. The van der Waals surface area contributed by atoms with Crippen LogP contribution in [0.3, 0.4) is 0 Å². The summed E-state index contributed by atoms with van der Waals surface area (Å²) in [5.74, 6) is 0.720. The number of hydrogen-bond acceptors (Lipinski definition) is 2. The van der Waals surface area contributed by atoms with Gasteiger partial charge in [0.25, 0.3) is 0 Å². The molecular formula is C15H34N2. The molecule has 104 valence electrons. The van der Waals surface area contributed by atoms with Crippen LogP contribution in [0.1, 0.15) is 60.8 Å². The summed E-state index contributed by atoms with van der Waals surface area (Å²) in [6.45, 7) is 17.3. The molecule has 1 atom stereocenters. The third-order valence-corrected chi connectivity index (χ3v) is 3.48. The molecular weight excluding hydrogens is 208 g/mol. The predicted molar refractivity (Wildman–Crippen MR) is 78.5 cm³/mol. The lowest BCUT2D eigenvalue weighted by atomic mass is 10.00. The lowest BCUT2D eigenvalue weighted by molar-refractivity contribution is 0.114. The number of rotatable bonds is 10. The Bertz CT molecular complexity index is 166. The number of likely N-dealkylation sites (N-methyl/N-ethyl adjacent to an activating group) is 1. The van der Waals surface area contributed by atoms with Gasteiger partial charge in [0.05, 0.1) is 0 Å². The van der Waals surface area contributed by atoms with Crippen LogP contribution in [-0.2, 0) is 0 Å². The number of hydrogen-bond donors (Lipinski definition) is 1. The first-order valence-corrected chi connectivity index (χ1v) is 7.50. The largest absolute Gasteiger partial charge is 0.315 e. The second kappa shape index (κ2) is 9.90. The highest BCUT2D eigenvalue weighted by atomic mass is 15.2.